The number of hydrogen-bond acceptors (Lipinski definition) is 7. The number of carbonyl (C=O) groups excluding carboxylic acids is 1. The number of halogens is 7. The highest BCUT2D eigenvalue weighted by molar-refractivity contribution is 7.91. The lowest BCUT2D eigenvalue weighted by atomic mass is 10.1. The smallest absolute Gasteiger partial charge is 0.425 e. The maximum absolute atomic E-state index is 13.6. The Balaban J connectivity index is 2.10. The molecule has 2 aromatic heterocycles. The predicted octanol–water partition coefficient (Wildman–Crippen LogP) is 6.78. The Labute approximate surface area is 245 Å². The molecule has 17 heteroatoms. The van der Waals surface area contributed by atoms with Crippen LogP contribution in [-0.4, -0.2) is 53.2 Å². The van der Waals surface area contributed by atoms with Gasteiger partial charge in [-0.1, -0.05) is 29.7 Å². The molecule has 0 amide bonds. The fourth-order valence-electron chi connectivity index (χ4n) is 4.00. The third kappa shape index (κ3) is 6.90. The van der Waals surface area contributed by atoms with Crippen LogP contribution in [0.3, 0.4) is 0 Å². The molecule has 0 saturated carbocycles. The van der Waals surface area contributed by atoms with Crippen LogP contribution in [0.25, 0.3) is 33.7 Å². The second-order valence-corrected chi connectivity index (χ2v) is 12.9. The molecule has 0 unspecified atom stereocenters. The molecular formula is C26H23ClF6N4O5S. The largest absolute Gasteiger partial charge is 0.443 e. The first-order chi connectivity index (χ1) is 19.7. The van der Waals surface area contributed by atoms with Gasteiger partial charge in [-0.2, -0.15) is 26.3 Å². The number of nitrogens with zero attached hydrogens (tertiary/aromatic N) is 3. The second kappa shape index (κ2) is 11.0. The number of ether oxygens (including phenoxy) is 1. The molecule has 2 aliphatic rings. The molecular weight excluding hydrogens is 630 g/mol. The van der Waals surface area contributed by atoms with Gasteiger partial charge in [-0.25, -0.2) is 17.8 Å². The van der Waals surface area contributed by atoms with Crippen LogP contribution in [-0.2, 0) is 25.6 Å². The number of sulfone groups is 1. The molecule has 43 heavy (non-hydrogen) atoms. The lowest BCUT2D eigenvalue weighted by Gasteiger charge is -2.22. The normalized spacial score (nSPS) is 13.6. The van der Waals surface area contributed by atoms with Gasteiger partial charge in [0.05, 0.1) is 38.1 Å². The number of aromatic nitrogens is 3. The summed E-state index contributed by atoms with van der Waals surface area (Å²) in [7, 11) is -4.10. The molecule has 1 N–H and O–H groups in total. The van der Waals surface area contributed by atoms with Crippen molar-refractivity contribution in [3.8, 4) is 22.6 Å². The molecule has 3 heterocycles. The Kier molecular flexibility index (Phi) is 8.25. The molecule has 9 nitrogen and oxygen atoms in total. The van der Waals surface area contributed by atoms with E-state index in [0.717, 1.165) is 0 Å². The number of rotatable bonds is 5. The number of fused-ring (bicyclic) bond motifs is 2. The quantitative estimate of drug-likeness (QED) is 0.188. The van der Waals surface area contributed by atoms with Crippen molar-refractivity contribution < 1.29 is 49.1 Å². The van der Waals surface area contributed by atoms with E-state index in [4.69, 9.17) is 16.3 Å². The molecule has 2 aromatic rings. The van der Waals surface area contributed by atoms with E-state index in [1.807, 2.05) is 0 Å². The first-order valence-corrected chi connectivity index (χ1v) is 14.4. The van der Waals surface area contributed by atoms with E-state index in [1.54, 1.807) is 0 Å². The maximum atomic E-state index is 13.6. The van der Waals surface area contributed by atoms with Crippen molar-refractivity contribution in [3.63, 3.8) is 0 Å². The van der Waals surface area contributed by atoms with Gasteiger partial charge in [0.25, 0.3) is 0 Å². The van der Waals surface area contributed by atoms with Crippen molar-refractivity contribution in [3.05, 3.63) is 52.5 Å². The van der Waals surface area contributed by atoms with Gasteiger partial charge in [0.2, 0.25) is 6.61 Å². The third-order valence-electron chi connectivity index (χ3n) is 5.83. The number of pyridine rings is 2. The van der Waals surface area contributed by atoms with Crippen molar-refractivity contribution >= 4 is 38.6 Å². The Morgan fingerprint density at radius 3 is 2.35 bits per heavy atom. The van der Waals surface area contributed by atoms with Crippen LogP contribution in [0.5, 0.6) is 0 Å². The Hall–Kier alpha value is -3.79. The molecule has 4 rings (SSSR count). The maximum Gasteiger partial charge on any atom is 0.425 e. The van der Waals surface area contributed by atoms with Crippen LogP contribution in [0.15, 0.2) is 46.6 Å². The molecule has 0 fully saturated rings. The number of alkyl halides is 6. The SMILES string of the molecule is CCS(=O)(=O)c1cc2cc/c(=N/OCC(F)(F)F)cc-2[nH]c1-c1c(Cl)c2ncc(C(F)(F)F)cc2n1C(=O)OC(C)(C)C. The summed E-state index contributed by atoms with van der Waals surface area (Å²) >= 11 is 6.61. The summed E-state index contributed by atoms with van der Waals surface area (Å²) in [6.45, 7) is 4.23. The third-order valence-corrected chi connectivity index (χ3v) is 7.94. The number of aromatic amines is 1. The lowest BCUT2D eigenvalue weighted by molar-refractivity contribution is -0.175. The average Bonchev–Trinajstić information content (AvgIpc) is 3.17. The van der Waals surface area contributed by atoms with Gasteiger partial charge in [0.1, 0.15) is 16.5 Å². The first kappa shape index (κ1) is 32.1. The van der Waals surface area contributed by atoms with Gasteiger partial charge >= 0.3 is 18.4 Å². The fourth-order valence-corrected chi connectivity index (χ4v) is 5.40. The number of nitrogens with one attached hydrogen (secondary N) is 1. The molecule has 0 atom stereocenters. The highest BCUT2D eigenvalue weighted by Gasteiger charge is 2.35. The number of hydrogen-bond donors (Lipinski definition) is 1. The van der Waals surface area contributed by atoms with Gasteiger partial charge in [-0.05, 0) is 50.6 Å². The van der Waals surface area contributed by atoms with Gasteiger partial charge in [0, 0.05) is 11.9 Å². The van der Waals surface area contributed by atoms with Crippen LogP contribution in [0.1, 0.15) is 33.3 Å². The Morgan fingerprint density at radius 2 is 1.77 bits per heavy atom. The van der Waals surface area contributed by atoms with Crippen LogP contribution in [0.4, 0.5) is 31.1 Å². The van der Waals surface area contributed by atoms with Gasteiger partial charge in [-0.15, -0.1) is 0 Å². The van der Waals surface area contributed by atoms with E-state index >= 15 is 0 Å². The minimum absolute atomic E-state index is 0.0830. The molecule has 0 spiro atoms. The zero-order valence-corrected chi connectivity index (χ0v) is 24.4. The second-order valence-electron chi connectivity index (χ2n) is 10.2. The van der Waals surface area contributed by atoms with E-state index in [-0.39, 0.29) is 43.4 Å². The molecule has 232 valence electrons. The summed E-state index contributed by atoms with van der Waals surface area (Å²) in [4.78, 5) is 24.1. The van der Waals surface area contributed by atoms with Crippen molar-refractivity contribution in [1.29, 1.82) is 0 Å². The van der Waals surface area contributed by atoms with E-state index in [0.29, 0.717) is 16.8 Å². The van der Waals surface area contributed by atoms with Crippen molar-refractivity contribution in [2.24, 2.45) is 5.16 Å². The zero-order chi connectivity index (χ0) is 32.1. The van der Waals surface area contributed by atoms with Crippen LogP contribution in [0, 0.1) is 0 Å². The summed E-state index contributed by atoms with van der Waals surface area (Å²) in [5.74, 6) is -0.418. The van der Waals surface area contributed by atoms with E-state index in [2.05, 4.69) is 20.0 Å². The van der Waals surface area contributed by atoms with E-state index in [9.17, 15) is 39.6 Å². The fraction of sp³-hybridized carbons (Fsp3) is 0.346. The van der Waals surface area contributed by atoms with E-state index < -0.39 is 57.3 Å². The van der Waals surface area contributed by atoms with Gasteiger partial charge < -0.3 is 14.6 Å². The summed E-state index contributed by atoms with van der Waals surface area (Å²) in [6.07, 6.45) is -10.2. The van der Waals surface area contributed by atoms with Crippen molar-refractivity contribution in [2.45, 2.75) is 50.5 Å². The van der Waals surface area contributed by atoms with Crippen LogP contribution >= 0.6 is 11.6 Å². The first-order valence-electron chi connectivity index (χ1n) is 12.4. The minimum atomic E-state index is -4.85. The van der Waals surface area contributed by atoms with Crippen molar-refractivity contribution in [2.75, 3.05) is 12.4 Å². The zero-order valence-electron chi connectivity index (χ0n) is 22.8. The monoisotopic (exact) mass is 652 g/mol. The molecule has 0 aromatic carbocycles. The Bertz CT molecular complexity index is 1860. The van der Waals surface area contributed by atoms with Crippen LogP contribution in [0.2, 0.25) is 5.02 Å². The summed E-state index contributed by atoms with van der Waals surface area (Å²) in [6, 6.07) is 5.74. The summed E-state index contributed by atoms with van der Waals surface area (Å²) in [5.41, 5.74) is -3.33. The number of benzene rings is 1. The predicted molar refractivity (Wildman–Crippen MR) is 143 cm³/mol. The molecule has 0 radical (unpaired) electrons. The molecule has 0 saturated heterocycles. The highest BCUT2D eigenvalue weighted by atomic mass is 35.5. The van der Waals surface area contributed by atoms with E-state index in [1.165, 1.54) is 52.0 Å². The summed E-state index contributed by atoms with van der Waals surface area (Å²) < 4.78 is 111. The standard InChI is InChI=1S/C26H23ClF6N4O5S/c1-5-43(39,40)18-8-13-6-7-15(36-41-12-25(28,29)30)10-16(13)35-21(18)22-19(27)20-17(9-14(11-34-20)26(31,32)33)37(22)23(38)42-24(2,3)4/h6-11,35H,5,12H2,1-4H3/b36-15-. The molecule has 1 aliphatic heterocycles. The topological polar surface area (TPSA) is 116 Å². The van der Waals surface area contributed by atoms with Crippen molar-refractivity contribution in [1.82, 2.24) is 14.5 Å². The molecule has 0 bridgehead atoms. The molecule has 1 aliphatic carbocycles. The Morgan fingerprint density at radius 1 is 1.09 bits per heavy atom. The minimum Gasteiger partial charge on any atom is -0.443 e. The number of H-pyrrole nitrogens is 1. The lowest BCUT2D eigenvalue weighted by Crippen LogP contribution is -2.28. The average molecular weight is 653 g/mol. The van der Waals surface area contributed by atoms with Crippen LogP contribution < -0.4 is 5.36 Å². The number of carbonyl (C=O) groups is 1. The summed E-state index contributed by atoms with van der Waals surface area (Å²) in [5, 5.41) is 2.97. The van der Waals surface area contributed by atoms with Gasteiger partial charge in [-0.3, -0.25) is 4.98 Å². The van der Waals surface area contributed by atoms with Gasteiger partial charge in [0.15, 0.2) is 9.84 Å². The highest BCUT2D eigenvalue weighted by Crippen LogP contribution is 2.42.